The molecule has 0 spiro atoms. The third kappa shape index (κ3) is 4.67. The SMILES string of the molecule is Cc1ccc(-c2oc3c(C)cc(C)cc3c(=O)c2OCC(=O)OCC(C)C)cc1. The van der Waals surface area contributed by atoms with Crippen LogP contribution in [-0.4, -0.2) is 19.2 Å². The highest BCUT2D eigenvalue weighted by molar-refractivity contribution is 5.85. The third-order valence-electron chi connectivity index (χ3n) is 4.51. The molecule has 0 fully saturated rings. The Kier molecular flexibility index (Phi) is 6.06. The second kappa shape index (κ2) is 8.52. The van der Waals surface area contributed by atoms with E-state index in [9.17, 15) is 9.59 Å². The molecular formula is C24H26O5. The molecule has 1 aromatic heterocycles. The molecule has 0 aliphatic carbocycles. The molecule has 5 heteroatoms. The van der Waals surface area contributed by atoms with Crippen LogP contribution >= 0.6 is 0 Å². The van der Waals surface area contributed by atoms with Crippen LogP contribution in [0.25, 0.3) is 22.3 Å². The molecule has 1 heterocycles. The molecule has 152 valence electrons. The van der Waals surface area contributed by atoms with E-state index in [1.54, 1.807) is 6.07 Å². The van der Waals surface area contributed by atoms with Crippen LogP contribution in [0.4, 0.5) is 0 Å². The van der Waals surface area contributed by atoms with Gasteiger partial charge >= 0.3 is 5.97 Å². The van der Waals surface area contributed by atoms with E-state index in [-0.39, 0.29) is 23.7 Å². The Morgan fingerprint density at radius 2 is 1.72 bits per heavy atom. The van der Waals surface area contributed by atoms with E-state index in [0.29, 0.717) is 28.9 Å². The van der Waals surface area contributed by atoms with Crippen LogP contribution in [0.1, 0.15) is 30.5 Å². The second-order valence-corrected chi connectivity index (χ2v) is 7.78. The first-order valence-electron chi connectivity index (χ1n) is 9.69. The molecule has 29 heavy (non-hydrogen) atoms. The first-order valence-corrected chi connectivity index (χ1v) is 9.69. The zero-order valence-electron chi connectivity index (χ0n) is 17.5. The van der Waals surface area contributed by atoms with Gasteiger partial charge in [0.1, 0.15) is 5.58 Å². The van der Waals surface area contributed by atoms with Crippen LogP contribution in [0, 0.1) is 26.7 Å². The van der Waals surface area contributed by atoms with Gasteiger partial charge in [-0.2, -0.15) is 0 Å². The highest BCUT2D eigenvalue weighted by Crippen LogP contribution is 2.32. The van der Waals surface area contributed by atoms with E-state index in [1.807, 2.05) is 65.0 Å². The third-order valence-corrected chi connectivity index (χ3v) is 4.51. The summed E-state index contributed by atoms with van der Waals surface area (Å²) < 4.78 is 16.9. The molecule has 0 amide bonds. The average Bonchev–Trinajstić information content (AvgIpc) is 2.66. The standard InChI is InChI=1S/C24H26O5/c1-14(2)12-27-20(25)13-28-24-21(26)19-11-16(4)10-17(5)22(19)29-23(24)18-8-6-15(3)7-9-18/h6-11,14H,12-13H2,1-5H3. The van der Waals surface area contributed by atoms with Gasteiger partial charge in [0.05, 0.1) is 12.0 Å². The first-order chi connectivity index (χ1) is 13.8. The predicted molar refractivity (Wildman–Crippen MR) is 113 cm³/mol. The molecule has 0 bridgehead atoms. The molecule has 2 aromatic carbocycles. The number of carbonyl (C=O) groups excluding carboxylic acids is 1. The lowest BCUT2D eigenvalue weighted by atomic mass is 10.0. The number of fused-ring (bicyclic) bond motifs is 1. The number of hydrogen-bond donors (Lipinski definition) is 0. The van der Waals surface area contributed by atoms with E-state index in [0.717, 1.165) is 16.7 Å². The number of esters is 1. The summed E-state index contributed by atoms with van der Waals surface area (Å²) in [6.07, 6.45) is 0. The summed E-state index contributed by atoms with van der Waals surface area (Å²) >= 11 is 0. The van der Waals surface area contributed by atoms with E-state index >= 15 is 0 Å². The molecule has 0 unspecified atom stereocenters. The molecule has 3 rings (SSSR count). The van der Waals surface area contributed by atoms with Crippen molar-refractivity contribution in [3.8, 4) is 17.1 Å². The second-order valence-electron chi connectivity index (χ2n) is 7.78. The van der Waals surface area contributed by atoms with Crippen molar-refractivity contribution in [1.29, 1.82) is 0 Å². The van der Waals surface area contributed by atoms with Gasteiger partial charge in [-0.05, 0) is 43.9 Å². The van der Waals surface area contributed by atoms with Gasteiger partial charge in [-0.15, -0.1) is 0 Å². The number of benzene rings is 2. The minimum absolute atomic E-state index is 0.0212. The van der Waals surface area contributed by atoms with Crippen LogP contribution < -0.4 is 10.2 Å². The van der Waals surface area contributed by atoms with E-state index in [4.69, 9.17) is 13.9 Å². The largest absolute Gasteiger partial charge is 0.474 e. The van der Waals surface area contributed by atoms with E-state index in [2.05, 4.69) is 0 Å². The Morgan fingerprint density at radius 3 is 2.38 bits per heavy atom. The molecule has 0 saturated heterocycles. The van der Waals surface area contributed by atoms with Gasteiger partial charge in [-0.3, -0.25) is 4.79 Å². The van der Waals surface area contributed by atoms with Crippen LogP contribution in [0.5, 0.6) is 5.75 Å². The lowest BCUT2D eigenvalue weighted by Crippen LogP contribution is -2.20. The van der Waals surface area contributed by atoms with Gasteiger partial charge < -0.3 is 13.9 Å². The maximum absolute atomic E-state index is 13.2. The van der Waals surface area contributed by atoms with E-state index < -0.39 is 5.97 Å². The van der Waals surface area contributed by atoms with E-state index in [1.165, 1.54) is 0 Å². The highest BCUT2D eigenvalue weighted by atomic mass is 16.6. The maximum atomic E-state index is 13.2. The molecule has 3 aromatic rings. The normalized spacial score (nSPS) is 11.1. The van der Waals surface area contributed by atoms with Crippen molar-refractivity contribution in [2.24, 2.45) is 5.92 Å². The van der Waals surface area contributed by atoms with Crippen molar-refractivity contribution < 1.29 is 18.7 Å². The topological polar surface area (TPSA) is 65.7 Å². The summed E-state index contributed by atoms with van der Waals surface area (Å²) in [6.45, 7) is 9.66. The lowest BCUT2D eigenvalue weighted by molar-refractivity contribution is -0.147. The Balaban J connectivity index is 2.08. The summed E-state index contributed by atoms with van der Waals surface area (Å²) in [6, 6.07) is 11.3. The molecule has 0 aliphatic heterocycles. The molecular weight excluding hydrogens is 368 g/mol. The summed E-state index contributed by atoms with van der Waals surface area (Å²) in [5, 5.41) is 0.434. The monoisotopic (exact) mass is 394 g/mol. The number of aryl methyl sites for hydroxylation is 3. The van der Waals surface area contributed by atoms with Crippen molar-refractivity contribution in [1.82, 2.24) is 0 Å². The summed E-state index contributed by atoms with van der Waals surface area (Å²) in [4.78, 5) is 25.3. The summed E-state index contributed by atoms with van der Waals surface area (Å²) in [5.74, 6) is 0.0335. The molecule has 0 radical (unpaired) electrons. The number of rotatable bonds is 6. The zero-order chi connectivity index (χ0) is 21.1. The zero-order valence-corrected chi connectivity index (χ0v) is 17.5. The Labute approximate surface area is 170 Å². The van der Waals surface area contributed by atoms with Crippen molar-refractivity contribution in [3.63, 3.8) is 0 Å². The number of hydrogen-bond acceptors (Lipinski definition) is 5. The summed E-state index contributed by atoms with van der Waals surface area (Å²) in [5.41, 5.74) is 3.83. The maximum Gasteiger partial charge on any atom is 0.344 e. The van der Waals surface area contributed by atoms with Crippen LogP contribution in [0.3, 0.4) is 0 Å². The predicted octanol–water partition coefficient (Wildman–Crippen LogP) is 4.96. The van der Waals surface area contributed by atoms with Crippen LogP contribution in [0.15, 0.2) is 45.6 Å². The molecule has 0 aliphatic rings. The van der Waals surface area contributed by atoms with Gasteiger partial charge in [0, 0.05) is 5.56 Å². The highest BCUT2D eigenvalue weighted by Gasteiger charge is 2.20. The minimum atomic E-state index is -0.520. The molecule has 5 nitrogen and oxygen atoms in total. The number of carbonyl (C=O) groups is 1. The average molecular weight is 394 g/mol. The van der Waals surface area contributed by atoms with Gasteiger partial charge in [0.25, 0.3) is 0 Å². The van der Waals surface area contributed by atoms with Gasteiger partial charge in [0.2, 0.25) is 11.2 Å². The van der Waals surface area contributed by atoms with Crippen molar-refractivity contribution in [2.45, 2.75) is 34.6 Å². The van der Waals surface area contributed by atoms with Crippen molar-refractivity contribution in [3.05, 3.63) is 63.3 Å². The first kappa shape index (κ1) is 20.6. The molecule has 0 N–H and O–H groups in total. The molecule has 0 saturated carbocycles. The summed E-state index contributed by atoms with van der Waals surface area (Å²) in [7, 11) is 0. The quantitative estimate of drug-likeness (QED) is 0.553. The molecule has 0 atom stereocenters. The Bertz CT molecular complexity index is 1090. The number of ether oxygens (including phenoxy) is 2. The van der Waals surface area contributed by atoms with Crippen LogP contribution in [-0.2, 0) is 9.53 Å². The van der Waals surface area contributed by atoms with Crippen molar-refractivity contribution in [2.75, 3.05) is 13.2 Å². The lowest BCUT2D eigenvalue weighted by Gasteiger charge is -2.13. The minimum Gasteiger partial charge on any atom is -0.474 e. The Morgan fingerprint density at radius 1 is 1.03 bits per heavy atom. The smallest absolute Gasteiger partial charge is 0.344 e. The van der Waals surface area contributed by atoms with Crippen LogP contribution in [0.2, 0.25) is 0 Å². The van der Waals surface area contributed by atoms with Gasteiger partial charge in [-0.25, -0.2) is 4.79 Å². The van der Waals surface area contributed by atoms with Crippen molar-refractivity contribution >= 4 is 16.9 Å². The Hall–Kier alpha value is -3.08. The van der Waals surface area contributed by atoms with Gasteiger partial charge in [-0.1, -0.05) is 49.7 Å². The fourth-order valence-corrected chi connectivity index (χ4v) is 3.09. The fraction of sp³-hybridized carbons (Fsp3) is 0.333. The fourth-order valence-electron chi connectivity index (χ4n) is 3.09. The van der Waals surface area contributed by atoms with Gasteiger partial charge in [0.15, 0.2) is 12.4 Å².